The van der Waals surface area contributed by atoms with Crippen LogP contribution in [0, 0.1) is 0 Å². The van der Waals surface area contributed by atoms with E-state index in [-0.39, 0.29) is 6.10 Å². The molecule has 0 amide bonds. The van der Waals surface area contributed by atoms with Gasteiger partial charge in [-0.15, -0.1) is 0 Å². The van der Waals surface area contributed by atoms with Crippen LogP contribution in [0.25, 0.3) is 0 Å². The first kappa shape index (κ1) is 13.4. The number of aliphatic carboxylic acids is 1. The van der Waals surface area contributed by atoms with E-state index in [1.165, 1.54) is 0 Å². The standard InChI is InChI=1S/C14H17ClO3/c15-13-7-2-1-6-11(13)12(14(16)17)9-10-5-3-4-8-18-10/h1-2,6-7,10,12H,3-5,8-9H2,(H,16,17). The minimum atomic E-state index is -0.836. The van der Waals surface area contributed by atoms with Gasteiger partial charge in [-0.2, -0.15) is 0 Å². The zero-order valence-corrected chi connectivity index (χ0v) is 10.9. The van der Waals surface area contributed by atoms with Gasteiger partial charge in [0.2, 0.25) is 0 Å². The van der Waals surface area contributed by atoms with Crippen molar-refractivity contribution in [3.63, 3.8) is 0 Å². The zero-order chi connectivity index (χ0) is 13.0. The predicted octanol–water partition coefficient (Wildman–Crippen LogP) is 3.47. The number of halogens is 1. The Bertz CT molecular complexity index is 413. The van der Waals surface area contributed by atoms with Crippen LogP contribution < -0.4 is 0 Å². The van der Waals surface area contributed by atoms with E-state index in [0.29, 0.717) is 17.0 Å². The molecule has 98 valence electrons. The fourth-order valence-corrected chi connectivity index (χ4v) is 2.64. The minimum Gasteiger partial charge on any atom is -0.481 e. The Morgan fingerprint density at radius 2 is 2.22 bits per heavy atom. The summed E-state index contributed by atoms with van der Waals surface area (Å²) in [6.07, 6.45) is 3.66. The molecule has 3 nitrogen and oxygen atoms in total. The van der Waals surface area contributed by atoms with E-state index in [0.717, 1.165) is 25.9 Å². The summed E-state index contributed by atoms with van der Waals surface area (Å²) >= 11 is 6.08. The van der Waals surface area contributed by atoms with Gasteiger partial charge in [0.25, 0.3) is 0 Å². The predicted molar refractivity (Wildman–Crippen MR) is 70.0 cm³/mol. The van der Waals surface area contributed by atoms with Crippen molar-refractivity contribution in [2.45, 2.75) is 37.7 Å². The molecule has 18 heavy (non-hydrogen) atoms. The fourth-order valence-electron chi connectivity index (χ4n) is 2.37. The van der Waals surface area contributed by atoms with Crippen LogP contribution in [0.2, 0.25) is 5.02 Å². The van der Waals surface area contributed by atoms with E-state index in [9.17, 15) is 9.90 Å². The molecule has 1 aliphatic rings. The lowest BCUT2D eigenvalue weighted by molar-refractivity contribution is -0.140. The van der Waals surface area contributed by atoms with Crippen molar-refractivity contribution in [3.05, 3.63) is 34.9 Å². The molecule has 1 fully saturated rings. The van der Waals surface area contributed by atoms with Crippen LogP contribution in [-0.4, -0.2) is 23.8 Å². The highest BCUT2D eigenvalue weighted by molar-refractivity contribution is 6.31. The molecule has 0 spiro atoms. The van der Waals surface area contributed by atoms with Crippen molar-refractivity contribution in [2.24, 2.45) is 0 Å². The maximum atomic E-state index is 11.4. The Balaban J connectivity index is 2.13. The van der Waals surface area contributed by atoms with Crippen LogP contribution in [0.4, 0.5) is 0 Å². The largest absolute Gasteiger partial charge is 0.481 e. The van der Waals surface area contributed by atoms with Crippen molar-refractivity contribution in [2.75, 3.05) is 6.61 Å². The molecule has 0 aliphatic carbocycles. The van der Waals surface area contributed by atoms with E-state index >= 15 is 0 Å². The van der Waals surface area contributed by atoms with Gasteiger partial charge in [0, 0.05) is 11.6 Å². The third-order valence-electron chi connectivity index (χ3n) is 3.35. The molecule has 0 bridgehead atoms. The summed E-state index contributed by atoms with van der Waals surface area (Å²) in [4.78, 5) is 11.4. The van der Waals surface area contributed by atoms with E-state index in [1.54, 1.807) is 12.1 Å². The molecule has 4 heteroatoms. The number of hydrogen-bond acceptors (Lipinski definition) is 2. The Labute approximate surface area is 112 Å². The summed E-state index contributed by atoms with van der Waals surface area (Å²) in [5, 5.41) is 9.88. The molecule has 1 aliphatic heterocycles. The Morgan fingerprint density at radius 1 is 1.44 bits per heavy atom. The van der Waals surface area contributed by atoms with Crippen LogP contribution >= 0.6 is 11.6 Å². The van der Waals surface area contributed by atoms with Crippen LogP contribution in [0.1, 0.15) is 37.2 Å². The van der Waals surface area contributed by atoms with Gasteiger partial charge in [-0.05, 0) is 37.3 Å². The molecule has 0 aromatic heterocycles. The molecule has 1 N–H and O–H groups in total. The summed E-state index contributed by atoms with van der Waals surface area (Å²) in [5.74, 6) is -1.42. The van der Waals surface area contributed by atoms with Gasteiger partial charge < -0.3 is 9.84 Å². The molecule has 1 saturated heterocycles. The molecular weight excluding hydrogens is 252 g/mol. The van der Waals surface area contributed by atoms with E-state index < -0.39 is 11.9 Å². The third-order valence-corrected chi connectivity index (χ3v) is 3.70. The van der Waals surface area contributed by atoms with E-state index in [4.69, 9.17) is 16.3 Å². The van der Waals surface area contributed by atoms with Gasteiger partial charge in [0.15, 0.2) is 0 Å². The molecule has 1 aromatic rings. The Morgan fingerprint density at radius 3 is 2.83 bits per heavy atom. The first-order valence-electron chi connectivity index (χ1n) is 6.27. The summed E-state index contributed by atoms with van der Waals surface area (Å²) in [6, 6.07) is 7.14. The average Bonchev–Trinajstić information content (AvgIpc) is 2.38. The van der Waals surface area contributed by atoms with E-state index in [2.05, 4.69) is 0 Å². The minimum absolute atomic E-state index is 0.0381. The van der Waals surface area contributed by atoms with Crippen molar-refractivity contribution < 1.29 is 14.6 Å². The fraction of sp³-hybridized carbons (Fsp3) is 0.500. The van der Waals surface area contributed by atoms with Gasteiger partial charge in [-0.3, -0.25) is 4.79 Å². The molecule has 2 rings (SSSR count). The highest BCUT2D eigenvalue weighted by Crippen LogP contribution is 2.31. The first-order valence-corrected chi connectivity index (χ1v) is 6.65. The second-order valence-corrected chi connectivity index (χ2v) is 5.04. The molecule has 0 saturated carbocycles. The molecular formula is C14H17ClO3. The molecule has 2 atom stereocenters. The molecule has 1 aromatic carbocycles. The summed E-state index contributed by atoms with van der Waals surface area (Å²) in [5.41, 5.74) is 0.681. The zero-order valence-electron chi connectivity index (χ0n) is 10.1. The Hall–Kier alpha value is -1.06. The summed E-state index contributed by atoms with van der Waals surface area (Å²) < 4.78 is 5.61. The number of rotatable bonds is 4. The third kappa shape index (κ3) is 3.24. The van der Waals surface area contributed by atoms with Gasteiger partial charge in [-0.1, -0.05) is 29.8 Å². The number of hydrogen-bond donors (Lipinski definition) is 1. The maximum Gasteiger partial charge on any atom is 0.311 e. The molecule has 2 unspecified atom stereocenters. The van der Waals surface area contributed by atoms with Crippen molar-refractivity contribution in [1.29, 1.82) is 0 Å². The number of carboxylic acids is 1. The van der Waals surface area contributed by atoms with E-state index in [1.807, 2.05) is 12.1 Å². The lowest BCUT2D eigenvalue weighted by Crippen LogP contribution is -2.25. The average molecular weight is 269 g/mol. The monoisotopic (exact) mass is 268 g/mol. The second kappa shape index (κ2) is 6.21. The topological polar surface area (TPSA) is 46.5 Å². The summed E-state index contributed by atoms with van der Waals surface area (Å²) in [6.45, 7) is 0.736. The number of benzene rings is 1. The van der Waals surface area contributed by atoms with Crippen molar-refractivity contribution in [1.82, 2.24) is 0 Å². The Kier molecular flexibility index (Phi) is 4.61. The molecule has 1 heterocycles. The number of ether oxygens (including phenoxy) is 1. The lowest BCUT2D eigenvalue weighted by atomic mass is 9.90. The molecule has 0 radical (unpaired) electrons. The quantitative estimate of drug-likeness (QED) is 0.910. The van der Waals surface area contributed by atoms with Crippen LogP contribution in [0.3, 0.4) is 0 Å². The van der Waals surface area contributed by atoms with Gasteiger partial charge in [0.1, 0.15) is 0 Å². The van der Waals surface area contributed by atoms with Crippen LogP contribution in [-0.2, 0) is 9.53 Å². The number of carboxylic acid groups (broad SMARTS) is 1. The highest BCUT2D eigenvalue weighted by atomic mass is 35.5. The summed E-state index contributed by atoms with van der Waals surface area (Å²) in [7, 11) is 0. The highest BCUT2D eigenvalue weighted by Gasteiger charge is 2.27. The van der Waals surface area contributed by atoms with Gasteiger partial charge in [-0.25, -0.2) is 0 Å². The SMILES string of the molecule is O=C(O)C(CC1CCCCO1)c1ccccc1Cl. The van der Waals surface area contributed by atoms with Crippen molar-refractivity contribution >= 4 is 17.6 Å². The first-order chi connectivity index (χ1) is 8.68. The maximum absolute atomic E-state index is 11.4. The van der Waals surface area contributed by atoms with Gasteiger partial charge >= 0.3 is 5.97 Å². The smallest absolute Gasteiger partial charge is 0.311 e. The number of carbonyl (C=O) groups is 1. The van der Waals surface area contributed by atoms with Crippen LogP contribution in [0.15, 0.2) is 24.3 Å². The normalized spacial score (nSPS) is 21.5. The second-order valence-electron chi connectivity index (χ2n) is 4.64. The van der Waals surface area contributed by atoms with Crippen molar-refractivity contribution in [3.8, 4) is 0 Å². The van der Waals surface area contributed by atoms with Crippen LogP contribution in [0.5, 0.6) is 0 Å². The van der Waals surface area contributed by atoms with Gasteiger partial charge in [0.05, 0.1) is 12.0 Å². The lowest BCUT2D eigenvalue weighted by Gasteiger charge is -2.25.